The minimum atomic E-state index is -0.717. The van der Waals surface area contributed by atoms with Gasteiger partial charge in [0.2, 0.25) is 11.7 Å². The first-order valence-corrected chi connectivity index (χ1v) is 9.53. The molecular weight excluding hydrogens is 384 g/mol. The van der Waals surface area contributed by atoms with E-state index in [1.807, 2.05) is 50.2 Å². The third kappa shape index (κ3) is 4.51. The van der Waals surface area contributed by atoms with Crippen LogP contribution in [0.15, 0.2) is 46.9 Å². The molecule has 0 aliphatic carbocycles. The first kappa shape index (κ1) is 21.1. The number of carbonyl (C=O) groups is 3. The van der Waals surface area contributed by atoms with Gasteiger partial charge in [-0.15, -0.1) is 0 Å². The maximum Gasteiger partial charge on any atom is 0.375 e. The van der Waals surface area contributed by atoms with Gasteiger partial charge in [0.15, 0.2) is 6.61 Å². The first-order chi connectivity index (χ1) is 14.3. The number of esters is 1. The van der Waals surface area contributed by atoms with Crippen LogP contribution in [0.2, 0.25) is 0 Å². The number of anilines is 1. The number of para-hydroxylation sites is 2. The molecule has 0 saturated heterocycles. The van der Waals surface area contributed by atoms with Crippen molar-refractivity contribution in [1.82, 2.24) is 4.90 Å². The summed E-state index contributed by atoms with van der Waals surface area (Å²) in [5, 5.41) is 3.64. The lowest BCUT2D eigenvalue weighted by atomic mass is 10.1. The molecule has 30 heavy (non-hydrogen) atoms. The fraction of sp³-hybridized carbons (Fsp3) is 0.261. The summed E-state index contributed by atoms with van der Waals surface area (Å²) in [7, 11) is 1.48. The number of amides is 2. The van der Waals surface area contributed by atoms with Gasteiger partial charge in [-0.25, -0.2) is 4.79 Å². The number of fused-ring (bicyclic) bond motifs is 1. The predicted molar refractivity (Wildman–Crippen MR) is 113 cm³/mol. The van der Waals surface area contributed by atoms with E-state index in [-0.39, 0.29) is 18.2 Å². The summed E-state index contributed by atoms with van der Waals surface area (Å²) < 4.78 is 10.6. The molecule has 3 aromatic rings. The van der Waals surface area contributed by atoms with Crippen LogP contribution >= 0.6 is 0 Å². The molecule has 0 unspecified atom stereocenters. The van der Waals surface area contributed by atoms with Gasteiger partial charge < -0.3 is 19.4 Å². The average Bonchev–Trinajstić information content (AvgIpc) is 3.05. The summed E-state index contributed by atoms with van der Waals surface area (Å²) in [4.78, 5) is 38.1. The molecule has 0 spiro atoms. The normalized spacial score (nSPS) is 10.7. The minimum Gasteiger partial charge on any atom is -0.450 e. The van der Waals surface area contributed by atoms with E-state index in [9.17, 15) is 14.4 Å². The molecule has 0 saturated carbocycles. The Bertz CT molecular complexity index is 1100. The summed E-state index contributed by atoms with van der Waals surface area (Å²) >= 11 is 0. The third-order valence-corrected chi connectivity index (χ3v) is 4.91. The number of ether oxygens (including phenoxy) is 1. The molecule has 7 heteroatoms. The second-order valence-electron chi connectivity index (χ2n) is 7.19. The Morgan fingerprint density at radius 1 is 1.00 bits per heavy atom. The Hall–Kier alpha value is -3.61. The summed E-state index contributed by atoms with van der Waals surface area (Å²) in [5.74, 6) is -1.47. The lowest BCUT2D eigenvalue weighted by molar-refractivity contribution is -0.136. The monoisotopic (exact) mass is 408 g/mol. The van der Waals surface area contributed by atoms with Crippen LogP contribution in [-0.4, -0.2) is 42.9 Å². The van der Waals surface area contributed by atoms with Crippen molar-refractivity contribution in [3.8, 4) is 0 Å². The molecular formula is C23H24N2O5. The topological polar surface area (TPSA) is 88.9 Å². The summed E-state index contributed by atoms with van der Waals surface area (Å²) in [6, 6.07) is 13.0. The van der Waals surface area contributed by atoms with Crippen molar-refractivity contribution in [2.75, 3.05) is 25.5 Å². The van der Waals surface area contributed by atoms with Gasteiger partial charge in [-0.3, -0.25) is 9.59 Å². The molecule has 0 atom stereocenters. The minimum absolute atomic E-state index is 0.0689. The van der Waals surface area contributed by atoms with Gasteiger partial charge in [-0.2, -0.15) is 0 Å². The Balaban J connectivity index is 1.55. The van der Waals surface area contributed by atoms with Crippen molar-refractivity contribution in [2.45, 2.75) is 20.8 Å². The lowest BCUT2D eigenvalue weighted by Crippen LogP contribution is -2.37. The summed E-state index contributed by atoms with van der Waals surface area (Å²) in [6.07, 6.45) is 0. The molecule has 0 radical (unpaired) electrons. The van der Waals surface area contributed by atoms with Crippen LogP contribution in [0.1, 0.15) is 27.2 Å². The van der Waals surface area contributed by atoms with Gasteiger partial charge >= 0.3 is 5.97 Å². The predicted octanol–water partition coefficient (Wildman–Crippen LogP) is 3.61. The fourth-order valence-corrected chi connectivity index (χ4v) is 3.17. The molecule has 2 aromatic carbocycles. The molecule has 1 heterocycles. The number of furan rings is 1. The van der Waals surface area contributed by atoms with Crippen LogP contribution in [0.25, 0.3) is 11.0 Å². The second kappa shape index (κ2) is 8.82. The van der Waals surface area contributed by atoms with Crippen molar-refractivity contribution < 1.29 is 23.5 Å². The van der Waals surface area contributed by atoms with Crippen molar-refractivity contribution in [3.05, 3.63) is 64.9 Å². The maximum absolute atomic E-state index is 12.3. The van der Waals surface area contributed by atoms with E-state index < -0.39 is 18.5 Å². The number of aryl methyl sites for hydroxylation is 3. The smallest absolute Gasteiger partial charge is 0.375 e. The van der Waals surface area contributed by atoms with Crippen molar-refractivity contribution in [3.63, 3.8) is 0 Å². The van der Waals surface area contributed by atoms with Gasteiger partial charge in [0.25, 0.3) is 5.91 Å². The second-order valence-corrected chi connectivity index (χ2v) is 7.19. The van der Waals surface area contributed by atoms with E-state index in [1.54, 1.807) is 13.0 Å². The zero-order chi connectivity index (χ0) is 21.8. The molecule has 3 rings (SSSR count). The molecule has 1 aromatic heterocycles. The van der Waals surface area contributed by atoms with Crippen molar-refractivity contribution in [1.29, 1.82) is 0 Å². The van der Waals surface area contributed by atoms with Gasteiger partial charge in [0.05, 0.1) is 6.54 Å². The number of nitrogens with one attached hydrogen (secondary N) is 1. The van der Waals surface area contributed by atoms with Crippen LogP contribution in [0, 0.1) is 20.8 Å². The Morgan fingerprint density at radius 2 is 1.67 bits per heavy atom. The average molecular weight is 408 g/mol. The molecule has 0 fully saturated rings. The third-order valence-electron chi connectivity index (χ3n) is 4.91. The maximum atomic E-state index is 12.3. The Labute approximate surface area is 174 Å². The van der Waals surface area contributed by atoms with E-state index in [1.165, 1.54) is 11.9 Å². The van der Waals surface area contributed by atoms with Crippen molar-refractivity contribution in [2.24, 2.45) is 0 Å². The highest BCUT2D eigenvalue weighted by Crippen LogP contribution is 2.25. The number of nitrogens with zero attached hydrogens (tertiary/aromatic N) is 1. The highest BCUT2D eigenvalue weighted by molar-refractivity contribution is 5.98. The number of hydrogen-bond donors (Lipinski definition) is 1. The van der Waals surface area contributed by atoms with Gasteiger partial charge in [-0.1, -0.05) is 36.4 Å². The Morgan fingerprint density at radius 3 is 2.33 bits per heavy atom. The largest absolute Gasteiger partial charge is 0.450 e. The van der Waals surface area contributed by atoms with Crippen LogP contribution in [0.3, 0.4) is 0 Å². The molecule has 0 aliphatic rings. The van der Waals surface area contributed by atoms with E-state index in [2.05, 4.69) is 5.32 Å². The van der Waals surface area contributed by atoms with Gasteiger partial charge in [0, 0.05) is 23.7 Å². The molecule has 156 valence electrons. The number of carbonyl (C=O) groups excluding carboxylic acids is 3. The zero-order valence-corrected chi connectivity index (χ0v) is 17.4. The lowest BCUT2D eigenvalue weighted by Gasteiger charge is -2.18. The van der Waals surface area contributed by atoms with E-state index in [4.69, 9.17) is 9.15 Å². The quantitative estimate of drug-likeness (QED) is 0.630. The van der Waals surface area contributed by atoms with Crippen LogP contribution in [0.5, 0.6) is 0 Å². The number of rotatable bonds is 6. The standard InChI is InChI=1S/C23H24N2O5/c1-14-8-7-9-15(2)21(14)24-19(26)12-25(4)20(27)13-29-23(28)22-16(3)17-10-5-6-11-18(17)30-22/h5-11H,12-13H2,1-4H3,(H,24,26). The summed E-state index contributed by atoms with van der Waals surface area (Å²) in [6.45, 7) is 4.92. The number of likely N-dealkylation sites (N-methyl/N-ethyl adjacent to an activating group) is 1. The number of hydrogen-bond acceptors (Lipinski definition) is 5. The highest BCUT2D eigenvalue weighted by atomic mass is 16.5. The zero-order valence-electron chi connectivity index (χ0n) is 17.4. The van der Waals surface area contributed by atoms with Gasteiger partial charge in [-0.05, 0) is 38.0 Å². The molecule has 7 nitrogen and oxygen atoms in total. The van der Waals surface area contributed by atoms with Crippen LogP contribution < -0.4 is 5.32 Å². The molecule has 1 N–H and O–H groups in total. The molecule has 0 aliphatic heterocycles. The van der Waals surface area contributed by atoms with Crippen LogP contribution in [-0.2, 0) is 14.3 Å². The van der Waals surface area contributed by atoms with E-state index >= 15 is 0 Å². The van der Waals surface area contributed by atoms with Crippen LogP contribution in [0.4, 0.5) is 5.69 Å². The van der Waals surface area contributed by atoms with Gasteiger partial charge in [0.1, 0.15) is 5.58 Å². The highest BCUT2D eigenvalue weighted by Gasteiger charge is 2.21. The van der Waals surface area contributed by atoms with Crippen molar-refractivity contribution >= 4 is 34.4 Å². The molecule has 0 bridgehead atoms. The SMILES string of the molecule is Cc1cccc(C)c1NC(=O)CN(C)C(=O)COC(=O)c1oc2ccccc2c1C. The summed E-state index contributed by atoms with van der Waals surface area (Å²) in [5.41, 5.74) is 3.84. The van der Waals surface area contributed by atoms with E-state index in [0.717, 1.165) is 22.2 Å². The molecule has 2 amide bonds. The number of benzene rings is 2. The fourth-order valence-electron chi connectivity index (χ4n) is 3.17. The van der Waals surface area contributed by atoms with E-state index in [0.29, 0.717) is 11.1 Å². The Kier molecular flexibility index (Phi) is 6.20. The first-order valence-electron chi connectivity index (χ1n) is 9.53.